The number of benzene rings is 1. The van der Waals surface area contributed by atoms with Crippen LogP contribution in [0.1, 0.15) is 44.6 Å². The summed E-state index contributed by atoms with van der Waals surface area (Å²) in [5.41, 5.74) is 1.51. The van der Waals surface area contributed by atoms with Crippen LogP contribution in [0.3, 0.4) is 0 Å². The van der Waals surface area contributed by atoms with Crippen molar-refractivity contribution in [3.63, 3.8) is 0 Å². The van der Waals surface area contributed by atoms with E-state index in [9.17, 15) is 4.79 Å². The Bertz CT molecular complexity index is 457. The lowest BCUT2D eigenvalue weighted by atomic mass is 10.0. The predicted molar refractivity (Wildman–Crippen MR) is 74.9 cm³/mol. The highest BCUT2D eigenvalue weighted by atomic mass is 16.5. The van der Waals surface area contributed by atoms with Crippen molar-refractivity contribution in [2.24, 2.45) is 0 Å². The SMILES string of the molecule is CCCCCCC(=Cc1ccccc1)C(=O)OC#N. The zero-order valence-electron chi connectivity index (χ0n) is 11.3. The Balaban J connectivity index is 2.72. The Labute approximate surface area is 114 Å². The van der Waals surface area contributed by atoms with Gasteiger partial charge in [0.15, 0.2) is 0 Å². The molecule has 0 radical (unpaired) electrons. The van der Waals surface area contributed by atoms with E-state index in [1.807, 2.05) is 30.3 Å². The van der Waals surface area contributed by atoms with E-state index < -0.39 is 5.97 Å². The molecule has 100 valence electrons. The third kappa shape index (κ3) is 5.87. The van der Waals surface area contributed by atoms with Crippen LogP contribution >= 0.6 is 0 Å². The van der Waals surface area contributed by atoms with Gasteiger partial charge in [0.25, 0.3) is 6.26 Å². The van der Waals surface area contributed by atoms with Crippen LogP contribution in [0.25, 0.3) is 6.08 Å². The molecule has 0 aromatic heterocycles. The zero-order chi connectivity index (χ0) is 13.9. The van der Waals surface area contributed by atoms with Gasteiger partial charge in [0.05, 0.1) is 0 Å². The summed E-state index contributed by atoms with van der Waals surface area (Å²) >= 11 is 0. The predicted octanol–water partition coefficient (Wildman–Crippen LogP) is 4.06. The standard InChI is InChI=1S/C16H19NO2/c1-2-3-4-8-11-15(16(18)19-13-17)12-14-9-6-5-7-10-14/h5-7,9-10,12H,2-4,8,11H2,1H3. The Morgan fingerprint density at radius 2 is 2.00 bits per heavy atom. The van der Waals surface area contributed by atoms with E-state index in [0.29, 0.717) is 12.0 Å². The Hall–Kier alpha value is -2.08. The molecule has 0 fully saturated rings. The topological polar surface area (TPSA) is 50.1 Å². The number of nitriles is 1. The van der Waals surface area contributed by atoms with Crippen molar-refractivity contribution in [2.45, 2.75) is 39.0 Å². The van der Waals surface area contributed by atoms with Gasteiger partial charge in [0.1, 0.15) is 0 Å². The second-order valence-electron chi connectivity index (χ2n) is 4.37. The first-order chi connectivity index (χ1) is 9.27. The molecule has 1 aromatic carbocycles. The number of hydrogen-bond donors (Lipinski definition) is 0. The first-order valence-corrected chi connectivity index (χ1v) is 6.63. The average Bonchev–Trinajstić information content (AvgIpc) is 2.43. The molecule has 0 aliphatic rings. The molecule has 0 atom stereocenters. The van der Waals surface area contributed by atoms with Gasteiger partial charge in [-0.15, -0.1) is 5.26 Å². The highest BCUT2D eigenvalue weighted by molar-refractivity contribution is 5.94. The summed E-state index contributed by atoms with van der Waals surface area (Å²) in [6, 6.07) is 9.59. The third-order valence-electron chi connectivity index (χ3n) is 2.84. The Kier molecular flexibility index (Phi) is 7.04. The summed E-state index contributed by atoms with van der Waals surface area (Å²) in [5.74, 6) is -0.539. The van der Waals surface area contributed by atoms with Crippen molar-refractivity contribution in [1.82, 2.24) is 0 Å². The molecule has 0 heterocycles. The lowest BCUT2D eigenvalue weighted by molar-refractivity contribution is -0.132. The molecule has 0 saturated heterocycles. The number of hydrogen-bond acceptors (Lipinski definition) is 3. The monoisotopic (exact) mass is 257 g/mol. The average molecular weight is 257 g/mol. The lowest BCUT2D eigenvalue weighted by Gasteiger charge is -2.04. The van der Waals surface area contributed by atoms with Gasteiger partial charge >= 0.3 is 5.97 Å². The maximum Gasteiger partial charge on any atom is 0.349 e. The summed E-state index contributed by atoms with van der Waals surface area (Å²) in [6.07, 6.45) is 8.23. The number of ether oxygens (including phenoxy) is 1. The molecule has 0 N–H and O–H groups in total. The summed E-state index contributed by atoms with van der Waals surface area (Å²) in [5, 5.41) is 8.44. The van der Waals surface area contributed by atoms with Gasteiger partial charge in [-0.2, -0.15) is 0 Å². The minimum atomic E-state index is -0.539. The number of nitrogens with zero attached hydrogens (tertiary/aromatic N) is 1. The molecule has 0 unspecified atom stereocenters. The van der Waals surface area contributed by atoms with Gasteiger partial charge in [-0.05, 0) is 24.5 Å². The van der Waals surface area contributed by atoms with E-state index in [0.717, 1.165) is 31.2 Å². The number of carbonyl (C=O) groups is 1. The van der Waals surface area contributed by atoms with E-state index in [2.05, 4.69) is 11.7 Å². The van der Waals surface area contributed by atoms with Crippen molar-refractivity contribution in [1.29, 1.82) is 5.26 Å². The fourth-order valence-corrected chi connectivity index (χ4v) is 1.83. The summed E-state index contributed by atoms with van der Waals surface area (Å²) < 4.78 is 4.43. The van der Waals surface area contributed by atoms with Crippen LogP contribution in [0.2, 0.25) is 0 Å². The maximum absolute atomic E-state index is 11.7. The Morgan fingerprint density at radius 1 is 1.26 bits per heavy atom. The van der Waals surface area contributed by atoms with Crippen molar-refractivity contribution in [3.05, 3.63) is 41.5 Å². The van der Waals surface area contributed by atoms with Gasteiger partial charge in [-0.25, -0.2) is 4.79 Å². The van der Waals surface area contributed by atoms with Crippen LogP contribution in [0.15, 0.2) is 35.9 Å². The summed E-state index contributed by atoms with van der Waals surface area (Å²) in [6.45, 7) is 2.14. The number of esters is 1. The van der Waals surface area contributed by atoms with E-state index in [1.54, 1.807) is 6.08 Å². The number of unbranched alkanes of at least 4 members (excludes halogenated alkanes) is 3. The minimum Gasteiger partial charge on any atom is -0.347 e. The lowest BCUT2D eigenvalue weighted by Crippen LogP contribution is -2.04. The van der Waals surface area contributed by atoms with E-state index in [4.69, 9.17) is 5.26 Å². The van der Waals surface area contributed by atoms with Gasteiger partial charge in [-0.3, -0.25) is 0 Å². The number of carbonyl (C=O) groups excluding carboxylic acids is 1. The molecule has 0 aliphatic heterocycles. The Morgan fingerprint density at radius 3 is 2.63 bits per heavy atom. The highest BCUT2D eigenvalue weighted by Crippen LogP contribution is 2.15. The second-order valence-corrected chi connectivity index (χ2v) is 4.37. The molecular weight excluding hydrogens is 238 g/mol. The fourth-order valence-electron chi connectivity index (χ4n) is 1.83. The molecule has 0 aliphatic carbocycles. The first-order valence-electron chi connectivity index (χ1n) is 6.63. The largest absolute Gasteiger partial charge is 0.349 e. The summed E-state index contributed by atoms with van der Waals surface area (Å²) in [4.78, 5) is 11.7. The van der Waals surface area contributed by atoms with E-state index >= 15 is 0 Å². The smallest absolute Gasteiger partial charge is 0.347 e. The van der Waals surface area contributed by atoms with Crippen LogP contribution in [-0.4, -0.2) is 5.97 Å². The van der Waals surface area contributed by atoms with Crippen LogP contribution < -0.4 is 0 Å². The van der Waals surface area contributed by atoms with Gasteiger partial charge in [0, 0.05) is 5.57 Å². The van der Waals surface area contributed by atoms with Crippen molar-refractivity contribution in [2.75, 3.05) is 0 Å². The zero-order valence-corrected chi connectivity index (χ0v) is 11.3. The second kappa shape index (κ2) is 8.93. The number of rotatable bonds is 7. The van der Waals surface area contributed by atoms with Crippen LogP contribution in [0.4, 0.5) is 0 Å². The van der Waals surface area contributed by atoms with Crippen LogP contribution in [-0.2, 0) is 9.53 Å². The molecule has 1 rings (SSSR count). The molecule has 19 heavy (non-hydrogen) atoms. The molecule has 3 heteroatoms. The van der Waals surface area contributed by atoms with Crippen LogP contribution in [0.5, 0.6) is 0 Å². The van der Waals surface area contributed by atoms with Crippen LogP contribution in [0, 0.1) is 11.5 Å². The fraction of sp³-hybridized carbons (Fsp3) is 0.375. The normalized spacial score (nSPS) is 10.8. The molecule has 0 amide bonds. The van der Waals surface area contributed by atoms with E-state index in [1.165, 1.54) is 6.26 Å². The summed E-state index contributed by atoms with van der Waals surface area (Å²) in [7, 11) is 0. The van der Waals surface area contributed by atoms with Crippen molar-refractivity contribution in [3.8, 4) is 6.26 Å². The van der Waals surface area contributed by atoms with Gasteiger partial charge in [-0.1, -0.05) is 56.5 Å². The molecular formula is C16H19NO2. The molecule has 0 spiro atoms. The minimum absolute atomic E-state index is 0.539. The molecule has 1 aromatic rings. The highest BCUT2D eigenvalue weighted by Gasteiger charge is 2.11. The molecule has 3 nitrogen and oxygen atoms in total. The van der Waals surface area contributed by atoms with Gasteiger partial charge in [0.2, 0.25) is 0 Å². The maximum atomic E-state index is 11.7. The molecule has 0 bridgehead atoms. The third-order valence-corrected chi connectivity index (χ3v) is 2.84. The van der Waals surface area contributed by atoms with Gasteiger partial charge < -0.3 is 4.74 Å². The first kappa shape index (κ1) is 15.0. The quantitative estimate of drug-likeness (QED) is 0.320. The van der Waals surface area contributed by atoms with E-state index in [-0.39, 0.29) is 0 Å². The van der Waals surface area contributed by atoms with Crippen molar-refractivity contribution >= 4 is 12.0 Å². The van der Waals surface area contributed by atoms with Crippen molar-refractivity contribution < 1.29 is 9.53 Å². The molecule has 0 saturated carbocycles.